The van der Waals surface area contributed by atoms with Gasteiger partial charge in [-0.3, -0.25) is 0 Å². The second kappa shape index (κ2) is 6.16. The molecule has 0 spiro atoms. The Kier molecular flexibility index (Phi) is 3.97. The molecule has 1 aliphatic heterocycles. The zero-order chi connectivity index (χ0) is 17.4. The number of para-hydroxylation sites is 1. The number of piperazine rings is 1. The number of benzene rings is 2. The molecule has 0 aliphatic carbocycles. The average Bonchev–Trinajstić information content (AvgIpc) is 3.08. The summed E-state index contributed by atoms with van der Waals surface area (Å²) in [4.78, 5) is 5.67. The Hall–Kier alpha value is -2.38. The van der Waals surface area contributed by atoms with Gasteiger partial charge >= 0.3 is 0 Å². The first-order valence-electron chi connectivity index (χ1n) is 8.14. The topological polar surface area (TPSA) is 65.2 Å². The van der Waals surface area contributed by atoms with Gasteiger partial charge in [0, 0.05) is 37.8 Å². The number of anilines is 1. The summed E-state index contributed by atoms with van der Waals surface area (Å²) in [5.41, 5.74) is 1.81. The third kappa shape index (κ3) is 2.79. The lowest BCUT2D eigenvalue weighted by Crippen LogP contribution is -2.43. The Morgan fingerprint density at radius 3 is 2.44 bits per heavy atom. The highest BCUT2D eigenvalue weighted by Gasteiger charge is 2.23. The maximum Gasteiger partial charge on any atom is 0.208 e. The second-order valence-corrected chi connectivity index (χ2v) is 7.97. The van der Waals surface area contributed by atoms with Crippen LogP contribution in [0.2, 0.25) is 0 Å². The number of rotatable bonds is 3. The van der Waals surface area contributed by atoms with Crippen molar-refractivity contribution in [2.45, 2.75) is 9.79 Å². The molecule has 3 aromatic rings. The van der Waals surface area contributed by atoms with Gasteiger partial charge in [-0.2, -0.15) is 0 Å². The smallest absolute Gasteiger partial charge is 0.208 e. The molecule has 2 heterocycles. The number of fused-ring (bicyclic) bond motifs is 1. The molecule has 130 valence electrons. The summed E-state index contributed by atoms with van der Waals surface area (Å²) in [6.07, 6.45) is 1.52. The van der Waals surface area contributed by atoms with Gasteiger partial charge in [-0.15, -0.1) is 0 Å². The number of sulfone groups is 1. The van der Waals surface area contributed by atoms with Gasteiger partial charge in [-0.25, -0.2) is 12.8 Å². The summed E-state index contributed by atoms with van der Waals surface area (Å²) >= 11 is 0. The monoisotopic (exact) mass is 359 g/mol. The molecule has 4 rings (SSSR count). The van der Waals surface area contributed by atoms with Crippen molar-refractivity contribution in [2.24, 2.45) is 0 Å². The van der Waals surface area contributed by atoms with Crippen molar-refractivity contribution >= 4 is 26.4 Å². The van der Waals surface area contributed by atoms with Gasteiger partial charge < -0.3 is 15.2 Å². The molecule has 25 heavy (non-hydrogen) atoms. The molecule has 0 radical (unpaired) electrons. The molecule has 2 aromatic carbocycles. The summed E-state index contributed by atoms with van der Waals surface area (Å²) in [7, 11) is -3.72. The van der Waals surface area contributed by atoms with Crippen LogP contribution in [0.1, 0.15) is 0 Å². The van der Waals surface area contributed by atoms with Gasteiger partial charge in [0.1, 0.15) is 5.82 Å². The number of hydrogen-bond acceptors (Lipinski definition) is 4. The molecule has 1 aliphatic rings. The summed E-state index contributed by atoms with van der Waals surface area (Å²) in [5.74, 6) is -0.459. The van der Waals surface area contributed by atoms with E-state index in [9.17, 15) is 12.8 Å². The lowest BCUT2D eigenvalue weighted by atomic mass is 10.2. The summed E-state index contributed by atoms with van der Waals surface area (Å²) in [5, 5.41) is 3.96. The summed E-state index contributed by atoms with van der Waals surface area (Å²) < 4.78 is 39.0. The number of aromatic nitrogens is 1. The molecule has 0 unspecified atom stereocenters. The van der Waals surface area contributed by atoms with E-state index < -0.39 is 15.7 Å². The van der Waals surface area contributed by atoms with Crippen LogP contribution in [0.4, 0.5) is 10.1 Å². The van der Waals surface area contributed by atoms with Gasteiger partial charge in [-0.05, 0) is 30.3 Å². The number of nitrogens with one attached hydrogen (secondary N) is 2. The third-order valence-corrected chi connectivity index (χ3v) is 6.34. The van der Waals surface area contributed by atoms with Crippen molar-refractivity contribution in [1.29, 1.82) is 0 Å². The molecule has 2 N–H and O–H groups in total. The first kappa shape index (κ1) is 16.1. The van der Waals surface area contributed by atoms with Crippen LogP contribution < -0.4 is 10.2 Å². The van der Waals surface area contributed by atoms with E-state index >= 15 is 0 Å². The van der Waals surface area contributed by atoms with E-state index in [0.717, 1.165) is 49.5 Å². The van der Waals surface area contributed by atoms with Crippen LogP contribution in [0, 0.1) is 5.82 Å². The number of aromatic amines is 1. The van der Waals surface area contributed by atoms with E-state index in [1.165, 1.54) is 18.3 Å². The molecule has 0 bridgehead atoms. The molecule has 1 fully saturated rings. The SMILES string of the molecule is O=S(=O)(c1ccc(F)cc1)c1c[nH]c2c(N3CCNCC3)cccc12. The molecule has 5 nitrogen and oxygen atoms in total. The predicted octanol–water partition coefficient (Wildman–Crippen LogP) is 2.55. The van der Waals surface area contributed by atoms with Gasteiger partial charge in [0.25, 0.3) is 0 Å². The largest absolute Gasteiger partial charge is 0.367 e. The second-order valence-electron chi connectivity index (χ2n) is 6.05. The standard InChI is InChI=1S/C18H18FN3O2S/c19-13-4-6-14(7-5-13)25(23,24)17-12-21-18-15(17)2-1-3-16(18)22-10-8-20-9-11-22/h1-7,12,20-21H,8-11H2. The van der Waals surface area contributed by atoms with E-state index in [2.05, 4.69) is 15.2 Å². The minimum atomic E-state index is -3.72. The van der Waals surface area contributed by atoms with Crippen molar-refractivity contribution in [3.63, 3.8) is 0 Å². The van der Waals surface area contributed by atoms with E-state index in [4.69, 9.17) is 0 Å². The van der Waals surface area contributed by atoms with E-state index in [1.54, 1.807) is 6.07 Å². The van der Waals surface area contributed by atoms with Crippen molar-refractivity contribution in [3.05, 3.63) is 54.5 Å². The number of H-pyrrole nitrogens is 1. The predicted molar refractivity (Wildman–Crippen MR) is 95.2 cm³/mol. The normalized spacial score (nSPS) is 15.6. The molecule has 0 amide bonds. The lowest BCUT2D eigenvalue weighted by molar-refractivity contribution is 0.590. The van der Waals surface area contributed by atoms with Crippen LogP contribution in [-0.4, -0.2) is 39.6 Å². The van der Waals surface area contributed by atoms with Crippen LogP contribution in [0.5, 0.6) is 0 Å². The third-order valence-electron chi connectivity index (χ3n) is 4.53. The Balaban J connectivity index is 1.82. The van der Waals surface area contributed by atoms with Crippen LogP contribution in [0.25, 0.3) is 10.9 Å². The van der Waals surface area contributed by atoms with Crippen LogP contribution in [0.3, 0.4) is 0 Å². The Labute approximate surface area is 145 Å². The number of halogens is 1. The van der Waals surface area contributed by atoms with Crippen LogP contribution >= 0.6 is 0 Å². The summed E-state index contributed by atoms with van der Waals surface area (Å²) in [6, 6.07) is 10.6. The molecule has 7 heteroatoms. The highest BCUT2D eigenvalue weighted by Crippen LogP contribution is 2.33. The van der Waals surface area contributed by atoms with Gasteiger partial charge in [0.05, 0.1) is 21.0 Å². The molecule has 0 saturated carbocycles. The Morgan fingerprint density at radius 2 is 1.72 bits per heavy atom. The number of nitrogens with zero attached hydrogens (tertiary/aromatic N) is 1. The minimum Gasteiger partial charge on any atom is -0.367 e. The summed E-state index contributed by atoms with van der Waals surface area (Å²) in [6.45, 7) is 3.55. The molecular formula is C18H18FN3O2S. The van der Waals surface area contributed by atoms with Crippen molar-refractivity contribution in [2.75, 3.05) is 31.1 Å². The Bertz CT molecular complexity index is 1010. The van der Waals surface area contributed by atoms with Gasteiger partial charge in [0.2, 0.25) is 9.84 Å². The van der Waals surface area contributed by atoms with Gasteiger partial charge in [0.15, 0.2) is 0 Å². The highest BCUT2D eigenvalue weighted by atomic mass is 32.2. The average molecular weight is 359 g/mol. The molecule has 1 saturated heterocycles. The molecule has 1 aromatic heterocycles. The zero-order valence-corrected chi connectivity index (χ0v) is 14.3. The van der Waals surface area contributed by atoms with E-state index in [0.29, 0.717) is 5.39 Å². The van der Waals surface area contributed by atoms with Crippen molar-refractivity contribution in [1.82, 2.24) is 10.3 Å². The minimum absolute atomic E-state index is 0.0855. The van der Waals surface area contributed by atoms with Crippen molar-refractivity contribution < 1.29 is 12.8 Å². The quantitative estimate of drug-likeness (QED) is 0.706. The zero-order valence-electron chi connectivity index (χ0n) is 13.5. The van der Waals surface area contributed by atoms with E-state index in [1.807, 2.05) is 12.1 Å². The lowest BCUT2D eigenvalue weighted by Gasteiger charge is -2.29. The van der Waals surface area contributed by atoms with Gasteiger partial charge in [-0.1, -0.05) is 12.1 Å². The molecule has 0 atom stereocenters. The number of hydrogen-bond donors (Lipinski definition) is 2. The fraction of sp³-hybridized carbons (Fsp3) is 0.222. The first-order valence-corrected chi connectivity index (χ1v) is 9.62. The Morgan fingerprint density at radius 1 is 1.00 bits per heavy atom. The molecular weight excluding hydrogens is 341 g/mol. The maximum absolute atomic E-state index is 13.1. The van der Waals surface area contributed by atoms with E-state index in [-0.39, 0.29) is 9.79 Å². The fourth-order valence-electron chi connectivity index (χ4n) is 3.24. The first-order chi connectivity index (χ1) is 12.1. The maximum atomic E-state index is 13.1. The highest BCUT2D eigenvalue weighted by molar-refractivity contribution is 7.91. The van der Waals surface area contributed by atoms with Crippen LogP contribution in [0.15, 0.2) is 58.5 Å². The van der Waals surface area contributed by atoms with Crippen molar-refractivity contribution in [3.8, 4) is 0 Å². The fourth-order valence-corrected chi connectivity index (χ4v) is 4.67. The van der Waals surface area contributed by atoms with Crippen LogP contribution in [-0.2, 0) is 9.84 Å².